The van der Waals surface area contributed by atoms with E-state index in [9.17, 15) is 9.90 Å². The molecule has 1 atom stereocenters. The third kappa shape index (κ3) is 4.11. The van der Waals surface area contributed by atoms with Crippen LogP contribution in [0.25, 0.3) is 11.1 Å². The second-order valence-electron chi connectivity index (χ2n) is 6.88. The molecule has 26 heavy (non-hydrogen) atoms. The number of aliphatic hydroxyl groups is 1. The zero-order valence-electron chi connectivity index (χ0n) is 15.1. The molecule has 4 N–H and O–H groups in total. The molecule has 2 aromatic heterocycles. The summed E-state index contributed by atoms with van der Waals surface area (Å²) in [6.45, 7) is 5.33. The number of hydrogen-bond acceptors (Lipinski definition) is 6. The summed E-state index contributed by atoms with van der Waals surface area (Å²) in [7, 11) is 0. The molecule has 0 aliphatic carbocycles. The molecule has 0 spiro atoms. The summed E-state index contributed by atoms with van der Waals surface area (Å²) in [4.78, 5) is 23.1. The van der Waals surface area contributed by atoms with Crippen LogP contribution in [-0.2, 0) is 0 Å². The van der Waals surface area contributed by atoms with Gasteiger partial charge in [-0.05, 0) is 49.4 Å². The fourth-order valence-electron chi connectivity index (χ4n) is 3.09. The highest BCUT2D eigenvalue weighted by molar-refractivity contribution is 5.99. The molecule has 1 saturated heterocycles. The third-order valence-corrected chi connectivity index (χ3v) is 4.67. The third-order valence-electron chi connectivity index (χ3n) is 4.67. The van der Waals surface area contributed by atoms with Crippen molar-refractivity contribution in [3.05, 3.63) is 36.2 Å². The van der Waals surface area contributed by atoms with Gasteiger partial charge in [0.25, 0.3) is 5.91 Å². The van der Waals surface area contributed by atoms with Crippen molar-refractivity contribution in [1.29, 1.82) is 0 Å². The van der Waals surface area contributed by atoms with E-state index in [2.05, 4.69) is 22.2 Å². The summed E-state index contributed by atoms with van der Waals surface area (Å²) in [5.74, 6) is 1.37. The monoisotopic (exact) mass is 355 g/mol. The van der Waals surface area contributed by atoms with Crippen molar-refractivity contribution in [2.45, 2.75) is 32.9 Å². The van der Waals surface area contributed by atoms with E-state index in [0.717, 1.165) is 37.1 Å². The van der Waals surface area contributed by atoms with Crippen molar-refractivity contribution in [3.8, 4) is 11.1 Å². The number of nitrogens with one attached hydrogen (secondary N) is 1. The smallest absolute Gasteiger partial charge is 0.257 e. The highest BCUT2D eigenvalue weighted by atomic mass is 16.3. The molecule has 2 aromatic rings. The zero-order valence-corrected chi connectivity index (χ0v) is 15.1. The minimum absolute atomic E-state index is 0.0693. The minimum atomic E-state index is -0.707. The number of likely N-dealkylation sites (tertiary alicyclic amines) is 1. The average Bonchev–Trinajstić information content (AvgIpc) is 2.62. The Labute approximate surface area is 153 Å². The van der Waals surface area contributed by atoms with Crippen LogP contribution in [0.3, 0.4) is 0 Å². The number of hydrogen-bond donors (Lipinski definition) is 3. The Morgan fingerprint density at radius 3 is 2.73 bits per heavy atom. The molecule has 1 fully saturated rings. The van der Waals surface area contributed by atoms with Crippen molar-refractivity contribution >= 4 is 17.5 Å². The van der Waals surface area contributed by atoms with E-state index in [1.807, 2.05) is 11.0 Å². The van der Waals surface area contributed by atoms with Crippen molar-refractivity contribution in [1.82, 2.24) is 14.9 Å². The Morgan fingerprint density at radius 1 is 1.31 bits per heavy atom. The number of pyridine rings is 2. The largest absolute Gasteiger partial charge is 0.383 e. The molecule has 1 aliphatic rings. The second-order valence-corrected chi connectivity index (χ2v) is 6.88. The van der Waals surface area contributed by atoms with Gasteiger partial charge in [-0.3, -0.25) is 4.79 Å². The average molecular weight is 355 g/mol. The molecular formula is C19H25N5O2. The van der Waals surface area contributed by atoms with E-state index in [4.69, 9.17) is 5.73 Å². The second kappa shape index (κ2) is 7.70. The van der Waals surface area contributed by atoms with E-state index in [0.29, 0.717) is 17.3 Å². The van der Waals surface area contributed by atoms with Crippen LogP contribution in [0.4, 0.5) is 11.6 Å². The first kappa shape index (κ1) is 18.1. The summed E-state index contributed by atoms with van der Waals surface area (Å²) < 4.78 is 0. The molecule has 0 bridgehead atoms. The van der Waals surface area contributed by atoms with Crippen molar-refractivity contribution in [3.63, 3.8) is 0 Å². The summed E-state index contributed by atoms with van der Waals surface area (Å²) in [5.41, 5.74) is 8.04. The lowest BCUT2D eigenvalue weighted by Crippen LogP contribution is -2.38. The molecule has 3 heterocycles. The van der Waals surface area contributed by atoms with Gasteiger partial charge < -0.3 is 21.1 Å². The minimum Gasteiger partial charge on any atom is -0.383 e. The number of nitrogens with zero attached hydrogens (tertiary/aromatic N) is 3. The first-order valence-electron chi connectivity index (χ1n) is 8.90. The van der Waals surface area contributed by atoms with Crippen LogP contribution < -0.4 is 11.1 Å². The standard InChI is InChI=1S/C19H25N5O2/c1-12-4-7-24(8-5-12)19(26)16-9-15(11-22-18(16)20)14-3-6-21-17(10-14)23-13(2)25/h3,6,9-13,25H,4-5,7-8H2,1-2H3,(H2,20,22)(H,21,23). The maximum Gasteiger partial charge on any atom is 0.257 e. The summed E-state index contributed by atoms with van der Waals surface area (Å²) in [5, 5.41) is 12.3. The molecule has 1 aliphatic heterocycles. The molecule has 0 radical (unpaired) electrons. The van der Waals surface area contributed by atoms with Gasteiger partial charge in [-0.2, -0.15) is 0 Å². The van der Waals surface area contributed by atoms with Crippen LogP contribution in [0.15, 0.2) is 30.6 Å². The van der Waals surface area contributed by atoms with Crippen molar-refractivity contribution < 1.29 is 9.90 Å². The van der Waals surface area contributed by atoms with Crippen LogP contribution in [0.2, 0.25) is 0 Å². The first-order valence-corrected chi connectivity index (χ1v) is 8.90. The fourth-order valence-corrected chi connectivity index (χ4v) is 3.09. The number of rotatable bonds is 4. The lowest BCUT2D eigenvalue weighted by molar-refractivity contribution is 0.0698. The number of nitrogen functional groups attached to an aromatic ring is 1. The summed E-state index contributed by atoms with van der Waals surface area (Å²) >= 11 is 0. The molecule has 7 nitrogen and oxygen atoms in total. The van der Waals surface area contributed by atoms with Gasteiger partial charge >= 0.3 is 0 Å². The number of piperidine rings is 1. The van der Waals surface area contributed by atoms with Gasteiger partial charge in [0.05, 0.1) is 5.56 Å². The molecular weight excluding hydrogens is 330 g/mol. The Balaban J connectivity index is 1.87. The molecule has 3 rings (SSSR count). The molecule has 0 saturated carbocycles. The van der Waals surface area contributed by atoms with Gasteiger partial charge in [-0.1, -0.05) is 6.92 Å². The number of amides is 1. The number of carbonyl (C=O) groups is 1. The van der Waals surface area contributed by atoms with Gasteiger partial charge in [0, 0.05) is 31.0 Å². The van der Waals surface area contributed by atoms with Gasteiger partial charge in [0.15, 0.2) is 0 Å². The van der Waals surface area contributed by atoms with Crippen LogP contribution >= 0.6 is 0 Å². The number of nitrogens with two attached hydrogens (primary N) is 1. The number of aliphatic hydroxyl groups excluding tert-OH is 1. The van der Waals surface area contributed by atoms with Gasteiger partial charge in [0.2, 0.25) is 0 Å². The van der Waals surface area contributed by atoms with Gasteiger partial charge in [0.1, 0.15) is 17.9 Å². The summed E-state index contributed by atoms with van der Waals surface area (Å²) in [6, 6.07) is 5.41. The van der Waals surface area contributed by atoms with Crippen LogP contribution in [0, 0.1) is 5.92 Å². The van der Waals surface area contributed by atoms with E-state index >= 15 is 0 Å². The maximum absolute atomic E-state index is 12.9. The SMILES string of the molecule is CC1CCN(C(=O)c2cc(-c3ccnc(NC(C)O)c3)cnc2N)CC1. The Hall–Kier alpha value is -2.67. The number of aromatic nitrogens is 2. The van der Waals surface area contributed by atoms with E-state index in [-0.39, 0.29) is 11.7 Å². The van der Waals surface area contributed by atoms with E-state index in [1.165, 1.54) is 0 Å². The molecule has 0 aromatic carbocycles. The van der Waals surface area contributed by atoms with E-state index in [1.54, 1.807) is 31.5 Å². The highest BCUT2D eigenvalue weighted by Gasteiger charge is 2.23. The zero-order chi connectivity index (χ0) is 18.7. The Kier molecular flexibility index (Phi) is 5.37. The molecule has 1 amide bonds. The summed E-state index contributed by atoms with van der Waals surface area (Å²) in [6.07, 6.45) is 4.60. The lowest BCUT2D eigenvalue weighted by atomic mass is 9.98. The fraction of sp³-hybridized carbons (Fsp3) is 0.421. The highest BCUT2D eigenvalue weighted by Crippen LogP contribution is 2.26. The number of anilines is 2. The van der Waals surface area contributed by atoms with Gasteiger partial charge in [-0.25, -0.2) is 9.97 Å². The van der Waals surface area contributed by atoms with Crippen molar-refractivity contribution in [2.75, 3.05) is 24.1 Å². The van der Waals surface area contributed by atoms with Crippen molar-refractivity contribution in [2.24, 2.45) is 5.92 Å². The van der Waals surface area contributed by atoms with Crippen LogP contribution in [0.1, 0.15) is 37.0 Å². The van der Waals surface area contributed by atoms with Crippen LogP contribution in [0.5, 0.6) is 0 Å². The molecule has 7 heteroatoms. The van der Waals surface area contributed by atoms with Gasteiger partial charge in [-0.15, -0.1) is 0 Å². The Morgan fingerprint density at radius 2 is 2.04 bits per heavy atom. The lowest BCUT2D eigenvalue weighted by Gasteiger charge is -2.30. The Bertz CT molecular complexity index is 785. The maximum atomic E-state index is 12.9. The topological polar surface area (TPSA) is 104 Å². The number of carbonyl (C=O) groups excluding carboxylic acids is 1. The van der Waals surface area contributed by atoms with E-state index < -0.39 is 6.23 Å². The quantitative estimate of drug-likeness (QED) is 0.727. The molecule has 1 unspecified atom stereocenters. The normalized spacial score (nSPS) is 16.3. The van der Waals surface area contributed by atoms with Crippen LogP contribution in [-0.4, -0.2) is 45.2 Å². The predicted molar refractivity (Wildman–Crippen MR) is 101 cm³/mol. The molecule has 138 valence electrons. The first-order chi connectivity index (χ1) is 12.4. The predicted octanol–water partition coefficient (Wildman–Crippen LogP) is 2.35.